The van der Waals surface area contributed by atoms with Crippen LogP contribution in [0.15, 0.2) is 53.4 Å². The molecule has 0 fully saturated rings. The van der Waals surface area contributed by atoms with Gasteiger partial charge in [-0.05, 0) is 35.2 Å². The van der Waals surface area contributed by atoms with E-state index in [9.17, 15) is 13.2 Å². The maximum absolute atomic E-state index is 12.4. The zero-order chi connectivity index (χ0) is 17.2. The zero-order valence-electron chi connectivity index (χ0n) is 13.3. The molecule has 3 N–H and O–H groups in total. The van der Waals surface area contributed by atoms with Gasteiger partial charge in [0.25, 0.3) is 0 Å². The predicted molar refractivity (Wildman–Crippen MR) is 96.1 cm³/mol. The Balaban J connectivity index is 0.00000225. The van der Waals surface area contributed by atoms with Crippen LogP contribution in [0, 0.1) is 0 Å². The summed E-state index contributed by atoms with van der Waals surface area (Å²) in [4.78, 5) is 11.2. The summed E-state index contributed by atoms with van der Waals surface area (Å²) >= 11 is 0. The van der Waals surface area contributed by atoms with Crippen LogP contribution in [-0.2, 0) is 34.3 Å². The van der Waals surface area contributed by atoms with Gasteiger partial charge in [-0.15, -0.1) is 12.4 Å². The molecule has 1 aliphatic heterocycles. The van der Waals surface area contributed by atoms with E-state index in [1.54, 1.807) is 12.1 Å². The summed E-state index contributed by atoms with van der Waals surface area (Å²) in [5.41, 5.74) is 2.56. The van der Waals surface area contributed by atoms with E-state index in [1.807, 2.05) is 30.3 Å². The van der Waals surface area contributed by atoms with Crippen molar-refractivity contribution in [2.45, 2.75) is 30.4 Å². The highest BCUT2D eigenvalue weighted by Crippen LogP contribution is 2.21. The number of halogens is 1. The number of rotatable bonds is 5. The van der Waals surface area contributed by atoms with Gasteiger partial charge in [0.05, 0.1) is 4.90 Å². The molecular formula is C17H19ClN2O4S. The van der Waals surface area contributed by atoms with Gasteiger partial charge in [-0.2, -0.15) is 0 Å². The number of nitrogens with one attached hydrogen (secondary N) is 2. The van der Waals surface area contributed by atoms with E-state index in [4.69, 9.17) is 5.11 Å². The second-order valence-electron chi connectivity index (χ2n) is 5.72. The van der Waals surface area contributed by atoms with Crippen LogP contribution in [0.5, 0.6) is 0 Å². The Labute approximate surface area is 152 Å². The molecule has 0 saturated carbocycles. The fourth-order valence-corrected chi connectivity index (χ4v) is 3.76. The second-order valence-corrected chi connectivity index (χ2v) is 7.48. The Kier molecular flexibility index (Phi) is 6.18. The van der Waals surface area contributed by atoms with Gasteiger partial charge in [0.2, 0.25) is 10.0 Å². The zero-order valence-corrected chi connectivity index (χ0v) is 14.9. The molecule has 1 aliphatic rings. The van der Waals surface area contributed by atoms with Crippen LogP contribution in [0.3, 0.4) is 0 Å². The highest BCUT2D eigenvalue weighted by molar-refractivity contribution is 7.89. The third kappa shape index (κ3) is 4.58. The number of carbonyl (C=O) groups is 1. The molecule has 8 heteroatoms. The summed E-state index contributed by atoms with van der Waals surface area (Å²) in [5.74, 6) is -0.901. The molecular weight excluding hydrogens is 364 g/mol. The first kappa shape index (κ1) is 19.4. The maximum Gasteiger partial charge on any atom is 0.321 e. The summed E-state index contributed by atoms with van der Waals surface area (Å²) < 4.78 is 27.5. The number of hydrogen-bond acceptors (Lipinski definition) is 4. The highest BCUT2D eigenvalue weighted by atomic mass is 35.5. The van der Waals surface area contributed by atoms with Gasteiger partial charge in [0.1, 0.15) is 6.04 Å². The van der Waals surface area contributed by atoms with E-state index in [0.717, 1.165) is 16.7 Å². The number of sulfonamides is 1. The van der Waals surface area contributed by atoms with Crippen LogP contribution < -0.4 is 10.0 Å². The molecule has 0 unspecified atom stereocenters. The SMILES string of the molecule is Cl.O=C(O)[C@@H]1Cc2ccc(S(=O)(=O)NCc3ccccc3)cc2CN1. The van der Waals surface area contributed by atoms with Gasteiger partial charge in [-0.25, -0.2) is 13.1 Å². The molecule has 0 spiro atoms. The Morgan fingerprint density at radius 1 is 1.16 bits per heavy atom. The molecule has 3 rings (SSSR count). The number of carboxylic acids is 1. The molecule has 0 aliphatic carbocycles. The molecule has 0 bridgehead atoms. The van der Waals surface area contributed by atoms with Crippen LogP contribution in [0.2, 0.25) is 0 Å². The van der Waals surface area contributed by atoms with Crippen LogP contribution in [-0.4, -0.2) is 25.5 Å². The largest absolute Gasteiger partial charge is 0.480 e. The van der Waals surface area contributed by atoms with Crippen molar-refractivity contribution in [3.8, 4) is 0 Å². The van der Waals surface area contributed by atoms with Crippen LogP contribution in [0.4, 0.5) is 0 Å². The first-order valence-electron chi connectivity index (χ1n) is 7.57. The summed E-state index contributed by atoms with van der Waals surface area (Å²) in [6.07, 6.45) is 0.350. The molecule has 0 aromatic heterocycles. The third-order valence-corrected chi connectivity index (χ3v) is 5.46. The average molecular weight is 383 g/mol. The van der Waals surface area contributed by atoms with Crippen molar-refractivity contribution in [2.75, 3.05) is 0 Å². The number of carboxylic acid groups (broad SMARTS) is 1. The lowest BCUT2D eigenvalue weighted by Gasteiger charge is -2.23. The van der Waals surface area contributed by atoms with Crippen molar-refractivity contribution in [1.82, 2.24) is 10.0 Å². The number of fused-ring (bicyclic) bond motifs is 1. The van der Waals surface area contributed by atoms with Crippen molar-refractivity contribution in [3.05, 3.63) is 65.2 Å². The lowest BCUT2D eigenvalue weighted by molar-refractivity contribution is -0.139. The smallest absolute Gasteiger partial charge is 0.321 e. The molecule has 1 heterocycles. The van der Waals surface area contributed by atoms with Gasteiger partial charge in [0, 0.05) is 13.1 Å². The fraction of sp³-hybridized carbons (Fsp3) is 0.235. The van der Waals surface area contributed by atoms with Crippen molar-refractivity contribution in [2.24, 2.45) is 0 Å². The normalized spacial score (nSPS) is 16.6. The van der Waals surface area contributed by atoms with E-state index >= 15 is 0 Å². The predicted octanol–water partition coefficient (Wildman–Crippen LogP) is 1.69. The topological polar surface area (TPSA) is 95.5 Å². The van der Waals surface area contributed by atoms with Gasteiger partial charge in [-0.1, -0.05) is 36.4 Å². The molecule has 2 aromatic carbocycles. The fourth-order valence-electron chi connectivity index (χ4n) is 2.69. The first-order valence-corrected chi connectivity index (χ1v) is 9.05. The van der Waals surface area contributed by atoms with E-state index in [0.29, 0.717) is 13.0 Å². The molecule has 2 aromatic rings. The number of benzene rings is 2. The second kappa shape index (κ2) is 7.97. The van der Waals surface area contributed by atoms with Crippen molar-refractivity contribution in [1.29, 1.82) is 0 Å². The average Bonchev–Trinajstić information content (AvgIpc) is 2.60. The minimum absolute atomic E-state index is 0. The third-order valence-electron chi connectivity index (χ3n) is 4.06. The molecule has 25 heavy (non-hydrogen) atoms. The molecule has 134 valence electrons. The molecule has 1 atom stereocenters. The number of aliphatic carboxylic acids is 1. The van der Waals surface area contributed by atoms with E-state index in [2.05, 4.69) is 10.0 Å². The van der Waals surface area contributed by atoms with Gasteiger partial charge in [0.15, 0.2) is 0 Å². The molecule has 6 nitrogen and oxygen atoms in total. The van der Waals surface area contributed by atoms with Crippen molar-refractivity contribution in [3.63, 3.8) is 0 Å². The van der Waals surface area contributed by atoms with Crippen molar-refractivity contribution < 1.29 is 18.3 Å². The van der Waals surface area contributed by atoms with Gasteiger partial charge >= 0.3 is 5.97 Å². The minimum atomic E-state index is -3.62. The summed E-state index contributed by atoms with van der Waals surface area (Å²) in [6.45, 7) is 0.563. The Morgan fingerprint density at radius 3 is 2.56 bits per heavy atom. The highest BCUT2D eigenvalue weighted by Gasteiger charge is 2.25. The monoisotopic (exact) mass is 382 g/mol. The van der Waals surface area contributed by atoms with Gasteiger partial charge < -0.3 is 10.4 Å². The van der Waals surface area contributed by atoms with Crippen LogP contribution in [0.1, 0.15) is 16.7 Å². The standard InChI is InChI=1S/C17H18N2O4S.ClH/c20-17(21)16-9-13-6-7-15(8-14(13)11-18-16)24(22,23)19-10-12-4-2-1-3-5-12;/h1-8,16,18-19H,9-11H2,(H,20,21);1H/t16-;/m0./s1. The first-order chi connectivity index (χ1) is 11.5. The Bertz CT molecular complexity index is 856. The lowest BCUT2D eigenvalue weighted by Crippen LogP contribution is -2.41. The lowest BCUT2D eigenvalue weighted by atomic mass is 9.96. The van der Waals surface area contributed by atoms with Crippen LogP contribution in [0.25, 0.3) is 0 Å². The number of hydrogen-bond donors (Lipinski definition) is 3. The molecule has 0 radical (unpaired) electrons. The van der Waals surface area contributed by atoms with Crippen molar-refractivity contribution >= 4 is 28.4 Å². The summed E-state index contributed by atoms with van der Waals surface area (Å²) in [6, 6.07) is 13.5. The Hall–Kier alpha value is -1.93. The van der Waals surface area contributed by atoms with Gasteiger partial charge in [-0.3, -0.25) is 4.79 Å². The quantitative estimate of drug-likeness (QED) is 0.731. The van der Waals surface area contributed by atoms with E-state index in [1.165, 1.54) is 6.07 Å². The summed E-state index contributed by atoms with van der Waals surface area (Å²) in [7, 11) is -3.62. The molecule has 0 amide bonds. The minimum Gasteiger partial charge on any atom is -0.480 e. The van der Waals surface area contributed by atoms with E-state index in [-0.39, 0.29) is 23.8 Å². The van der Waals surface area contributed by atoms with Crippen LogP contribution >= 0.6 is 12.4 Å². The maximum atomic E-state index is 12.4. The molecule has 0 saturated heterocycles. The summed E-state index contributed by atoms with van der Waals surface area (Å²) in [5, 5.41) is 12.0. The Morgan fingerprint density at radius 2 is 1.88 bits per heavy atom. The van der Waals surface area contributed by atoms with E-state index < -0.39 is 22.0 Å².